The monoisotopic (exact) mass is 327 g/mol. The Morgan fingerprint density at radius 1 is 1.50 bits per heavy atom. The van der Waals surface area contributed by atoms with Gasteiger partial charge in [0.2, 0.25) is 0 Å². The van der Waals surface area contributed by atoms with Gasteiger partial charge < -0.3 is 10.4 Å². The normalized spacial score (nSPS) is 12.1. The number of thiophene rings is 1. The molecule has 0 saturated heterocycles. The van der Waals surface area contributed by atoms with E-state index in [1.54, 1.807) is 24.3 Å². The van der Waals surface area contributed by atoms with Gasteiger partial charge in [-0.3, -0.25) is 4.79 Å². The number of aliphatic carboxylic acids is 1. The van der Waals surface area contributed by atoms with Gasteiger partial charge in [0.05, 0.1) is 4.88 Å². The van der Waals surface area contributed by atoms with E-state index in [4.69, 9.17) is 5.11 Å². The lowest BCUT2D eigenvalue weighted by Gasteiger charge is -2.08. The van der Waals surface area contributed by atoms with Gasteiger partial charge in [-0.1, -0.05) is 0 Å². The molecular formula is C11H10BrN3O2S. The molecule has 0 fully saturated rings. The summed E-state index contributed by atoms with van der Waals surface area (Å²) in [5, 5.41) is 21.5. The molecule has 2 aromatic heterocycles. The molecule has 2 rings (SSSR count). The number of nitrogens with one attached hydrogen (secondary N) is 1. The van der Waals surface area contributed by atoms with Crippen molar-refractivity contribution in [1.82, 2.24) is 10.2 Å². The molecule has 0 aliphatic heterocycles. The molecule has 0 aromatic carbocycles. The molecule has 1 unspecified atom stereocenters. The number of anilines is 1. The van der Waals surface area contributed by atoms with Crippen molar-refractivity contribution >= 4 is 39.1 Å². The van der Waals surface area contributed by atoms with Crippen LogP contribution in [0, 0.1) is 0 Å². The van der Waals surface area contributed by atoms with Crippen LogP contribution in [0.3, 0.4) is 0 Å². The summed E-state index contributed by atoms with van der Waals surface area (Å²) in [6, 6.07) is 4.79. The van der Waals surface area contributed by atoms with Crippen molar-refractivity contribution in [3.8, 4) is 10.6 Å². The van der Waals surface area contributed by atoms with E-state index in [9.17, 15) is 4.79 Å². The first-order valence-electron chi connectivity index (χ1n) is 5.14. The summed E-state index contributed by atoms with van der Waals surface area (Å²) in [7, 11) is 0. The van der Waals surface area contributed by atoms with E-state index in [1.807, 2.05) is 17.5 Å². The van der Waals surface area contributed by atoms with Gasteiger partial charge in [0.25, 0.3) is 0 Å². The summed E-state index contributed by atoms with van der Waals surface area (Å²) in [5.74, 6) is -0.479. The first kappa shape index (κ1) is 13.0. The maximum atomic E-state index is 10.7. The van der Waals surface area contributed by atoms with Crippen LogP contribution in [0.1, 0.15) is 6.92 Å². The summed E-state index contributed by atoms with van der Waals surface area (Å²) >= 11 is 4.94. The summed E-state index contributed by atoms with van der Waals surface area (Å²) in [6.07, 6.45) is 0. The van der Waals surface area contributed by atoms with Crippen LogP contribution in [-0.2, 0) is 4.79 Å². The molecule has 1 atom stereocenters. The lowest BCUT2D eigenvalue weighted by atomic mass is 10.3. The average Bonchev–Trinajstić information content (AvgIpc) is 2.76. The number of hydrogen-bond acceptors (Lipinski definition) is 5. The van der Waals surface area contributed by atoms with Crippen molar-refractivity contribution in [2.24, 2.45) is 0 Å². The van der Waals surface area contributed by atoms with Gasteiger partial charge in [-0.05, 0) is 41.1 Å². The third kappa shape index (κ3) is 3.05. The van der Waals surface area contributed by atoms with Gasteiger partial charge in [0, 0.05) is 9.85 Å². The highest BCUT2D eigenvalue weighted by atomic mass is 79.9. The summed E-state index contributed by atoms with van der Waals surface area (Å²) < 4.78 is 1.01. The number of aromatic nitrogens is 2. The van der Waals surface area contributed by atoms with Crippen LogP contribution < -0.4 is 5.32 Å². The minimum absolute atomic E-state index is 0.448. The molecule has 2 aromatic rings. The maximum Gasteiger partial charge on any atom is 0.325 e. The molecule has 94 valence electrons. The topological polar surface area (TPSA) is 75.1 Å². The molecule has 0 aliphatic carbocycles. The third-order valence-corrected chi connectivity index (χ3v) is 3.93. The fourth-order valence-electron chi connectivity index (χ4n) is 1.27. The molecule has 0 radical (unpaired) electrons. The zero-order valence-electron chi connectivity index (χ0n) is 9.42. The number of halogens is 1. The summed E-state index contributed by atoms with van der Waals surface area (Å²) in [5.41, 5.74) is 0.763. The highest BCUT2D eigenvalue weighted by molar-refractivity contribution is 9.10. The first-order chi connectivity index (χ1) is 8.56. The Hall–Kier alpha value is -1.47. The Morgan fingerprint density at radius 3 is 2.78 bits per heavy atom. The number of rotatable bonds is 4. The van der Waals surface area contributed by atoms with Gasteiger partial charge in [0.15, 0.2) is 0 Å². The van der Waals surface area contributed by atoms with Crippen LogP contribution in [-0.4, -0.2) is 27.3 Å². The average molecular weight is 328 g/mol. The molecule has 0 aliphatic rings. The Labute approximate surface area is 116 Å². The lowest BCUT2D eigenvalue weighted by Crippen LogP contribution is -2.25. The number of hydrogen-bond donors (Lipinski definition) is 2. The fraction of sp³-hybridized carbons (Fsp3) is 0.182. The van der Waals surface area contributed by atoms with Crippen molar-refractivity contribution in [3.63, 3.8) is 0 Å². The molecule has 7 heteroatoms. The molecule has 5 nitrogen and oxygen atoms in total. The van der Waals surface area contributed by atoms with Gasteiger partial charge in [-0.2, -0.15) is 0 Å². The van der Waals surface area contributed by atoms with Crippen LogP contribution in [0.15, 0.2) is 28.1 Å². The van der Waals surface area contributed by atoms with E-state index >= 15 is 0 Å². The molecule has 0 saturated carbocycles. The van der Waals surface area contributed by atoms with Crippen LogP contribution in [0.4, 0.5) is 5.82 Å². The first-order valence-corrected chi connectivity index (χ1v) is 6.81. The van der Waals surface area contributed by atoms with Crippen LogP contribution in [0.2, 0.25) is 0 Å². The highest BCUT2D eigenvalue weighted by Gasteiger charge is 2.11. The van der Waals surface area contributed by atoms with Crippen molar-refractivity contribution in [1.29, 1.82) is 0 Å². The second-order valence-corrected chi connectivity index (χ2v) is 5.46. The van der Waals surface area contributed by atoms with E-state index in [0.717, 1.165) is 15.0 Å². The number of nitrogens with zero attached hydrogens (tertiary/aromatic N) is 2. The molecule has 2 N–H and O–H groups in total. The minimum Gasteiger partial charge on any atom is -0.480 e. The van der Waals surface area contributed by atoms with Gasteiger partial charge >= 0.3 is 5.97 Å². The predicted molar refractivity (Wildman–Crippen MR) is 73.8 cm³/mol. The third-order valence-electron chi connectivity index (χ3n) is 2.22. The number of carbonyl (C=O) groups is 1. The SMILES string of the molecule is CC(Nc1ccc(-c2cc(Br)cs2)nn1)C(=O)O. The molecule has 2 heterocycles. The number of carboxylic acids is 1. The second kappa shape index (κ2) is 5.45. The molecule has 0 amide bonds. The van der Waals surface area contributed by atoms with E-state index in [-0.39, 0.29) is 0 Å². The van der Waals surface area contributed by atoms with Crippen LogP contribution >= 0.6 is 27.3 Å². The Morgan fingerprint density at radius 2 is 2.28 bits per heavy atom. The van der Waals surface area contributed by atoms with Crippen molar-refractivity contribution in [2.45, 2.75) is 13.0 Å². The Bertz CT molecular complexity index is 556. The van der Waals surface area contributed by atoms with Crippen molar-refractivity contribution in [3.05, 3.63) is 28.1 Å². The Balaban J connectivity index is 2.13. The van der Waals surface area contributed by atoms with Gasteiger partial charge in [-0.25, -0.2) is 0 Å². The van der Waals surface area contributed by atoms with Crippen molar-refractivity contribution < 1.29 is 9.90 Å². The highest BCUT2D eigenvalue weighted by Crippen LogP contribution is 2.28. The summed E-state index contributed by atoms with van der Waals surface area (Å²) in [6.45, 7) is 1.55. The quantitative estimate of drug-likeness (QED) is 0.903. The predicted octanol–water partition coefficient (Wildman–Crippen LogP) is 2.85. The Kier molecular flexibility index (Phi) is 3.93. The summed E-state index contributed by atoms with van der Waals surface area (Å²) in [4.78, 5) is 11.7. The second-order valence-electron chi connectivity index (χ2n) is 3.64. The molecule has 0 spiro atoms. The molecule has 0 bridgehead atoms. The zero-order valence-corrected chi connectivity index (χ0v) is 11.8. The van der Waals surface area contributed by atoms with E-state index < -0.39 is 12.0 Å². The van der Waals surface area contributed by atoms with Crippen LogP contribution in [0.5, 0.6) is 0 Å². The van der Waals surface area contributed by atoms with E-state index in [0.29, 0.717) is 5.82 Å². The zero-order chi connectivity index (χ0) is 13.1. The fourth-order valence-corrected chi connectivity index (χ4v) is 2.66. The number of carboxylic acid groups (broad SMARTS) is 1. The lowest BCUT2D eigenvalue weighted by molar-refractivity contribution is -0.137. The molecular weight excluding hydrogens is 318 g/mol. The smallest absolute Gasteiger partial charge is 0.325 e. The maximum absolute atomic E-state index is 10.7. The van der Waals surface area contributed by atoms with Gasteiger partial charge in [-0.15, -0.1) is 21.5 Å². The van der Waals surface area contributed by atoms with Gasteiger partial charge in [0.1, 0.15) is 17.6 Å². The molecule has 18 heavy (non-hydrogen) atoms. The van der Waals surface area contributed by atoms with E-state index in [2.05, 4.69) is 31.4 Å². The standard InChI is InChI=1S/C11H10BrN3O2S/c1-6(11(16)17)13-10-3-2-8(14-15-10)9-4-7(12)5-18-9/h2-6H,1H3,(H,13,15)(H,16,17). The largest absolute Gasteiger partial charge is 0.480 e. The van der Waals surface area contributed by atoms with Crippen molar-refractivity contribution in [2.75, 3.05) is 5.32 Å². The minimum atomic E-state index is -0.928. The van der Waals surface area contributed by atoms with E-state index in [1.165, 1.54) is 0 Å². The van der Waals surface area contributed by atoms with Crippen LogP contribution in [0.25, 0.3) is 10.6 Å².